The lowest BCUT2D eigenvalue weighted by atomic mass is 10.1. The number of methoxy groups -OCH3 is 2. The summed E-state index contributed by atoms with van der Waals surface area (Å²) < 4.78 is 39.7. The largest absolute Gasteiger partial charge is 0.493 e. The molecular weight excluding hydrogens is 601 g/mol. The summed E-state index contributed by atoms with van der Waals surface area (Å²) in [7, 11) is -1.44. The second-order valence-electron chi connectivity index (χ2n) is 9.71. The van der Waals surface area contributed by atoms with Crippen molar-refractivity contribution in [3.05, 3.63) is 82.3 Å². The Morgan fingerprint density at radius 3 is 2.17 bits per heavy atom. The Balaban J connectivity index is 2.10. The van der Waals surface area contributed by atoms with Gasteiger partial charge in [0, 0.05) is 28.7 Å². The van der Waals surface area contributed by atoms with E-state index in [4.69, 9.17) is 32.7 Å². The number of nitrogens with one attached hydrogen (secondary N) is 1. The highest BCUT2D eigenvalue weighted by Gasteiger charge is 2.34. The third-order valence-electron chi connectivity index (χ3n) is 6.44. The number of sulfonamides is 1. The van der Waals surface area contributed by atoms with Crippen LogP contribution in [-0.4, -0.2) is 58.0 Å². The summed E-state index contributed by atoms with van der Waals surface area (Å²) in [5.41, 5.74) is 0.823. The minimum absolute atomic E-state index is 0.0438. The van der Waals surface area contributed by atoms with Gasteiger partial charge in [-0.1, -0.05) is 54.4 Å². The van der Waals surface area contributed by atoms with E-state index < -0.39 is 28.5 Å². The Hall–Kier alpha value is -3.47. The fraction of sp³-hybridized carbons (Fsp3) is 0.333. The minimum Gasteiger partial charge on any atom is -0.493 e. The van der Waals surface area contributed by atoms with E-state index in [0.717, 1.165) is 4.31 Å². The number of nitrogens with zero attached hydrogens (tertiary/aromatic N) is 2. The second-order valence-corrected chi connectivity index (χ2v) is 12.4. The zero-order chi connectivity index (χ0) is 31.0. The number of anilines is 1. The smallest absolute Gasteiger partial charge is 0.264 e. The minimum atomic E-state index is -4.29. The normalized spacial score (nSPS) is 12.0. The maximum atomic E-state index is 14.1. The van der Waals surface area contributed by atoms with Gasteiger partial charge in [0.05, 0.1) is 24.8 Å². The molecule has 3 aromatic rings. The lowest BCUT2D eigenvalue weighted by Gasteiger charge is -2.33. The van der Waals surface area contributed by atoms with E-state index in [1.165, 1.54) is 37.3 Å². The number of para-hydroxylation sites is 1. The number of halogens is 2. The molecule has 0 aliphatic rings. The first-order valence-corrected chi connectivity index (χ1v) is 15.5. The molecule has 12 heteroatoms. The molecule has 0 aromatic heterocycles. The molecular formula is C30H35Cl2N3O6S. The van der Waals surface area contributed by atoms with E-state index >= 15 is 0 Å². The molecule has 42 heavy (non-hydrogen) atoms. The zero-order valence-corrected chi connectivity index (χ0v) is 26.5. The molecule has 0 fully saturated rings. The number of rotatable bonds is 13. The molecule has 1 atom stereocenters. The summed E-state index contributed by atoms with van der Waals surface area (Å²) in [6.45, 7) is 4.79. The molecule has 0 saturated heterocycles. The molecule has 3 aromatic carbocycles. The third kappa shape index (κ3) is 7.87. The lowest BCUT2D eigenvalue weighted by Crippen LogP contribution is -2.53. The summed E-state index contributed by atoms with van der Waals surface area (Å²) in [6, 6.07) is 16.3. The molecule has 0 spiro atoms. The first-order valence-electron chi connectivity index (χ1n) is 13.3. The predicted octanol–water partition coefficient (Wildman–Crippen LogP) is 5.54. The van der Waals surface area contributed by atoms with Gasteiger partial charge >= 0.3 is 0 Å². The van der Waals surface area contributed by atoms with Gasteiger partial charge in [-0.3, -0.25) is 13.9 Å². The van der Waals surface area contributed by atoms with Gasteiger partial charge < -0.3 is 19.7 Å². The SMILES string of the molecule is CCC(C(=O)NC(C)C)N(Cc1ccc(Cl)cc1Cl)C(=O)CN(c1ccccc1)S(=O)(=O)c1ccc(OC)c(OC)c1. The molecule has 0 aliphatic heterocycles. The van der Waals surface area contributed by atoms with Crippen molar-refractivity contribution in [1.82, 2.24) is 10.2 Å². The van der Waals surface area contributed by atoms with Crippen LogP contribution in [0.3, 0.4) is 0 Å². The number of carbonyl (C=O) groups is 2. The summed E-state index contributed by atoms with van der Waals surface area (Å²) in [6.07, 6.45) is 0.281. The van der Waals surface area contributed by atoms with Crippen molar-refractivity contribution in [2.75, 3.05) is 25.1 Å². The van der Waals surface area contributed by atoms with Crippen molar-refractivity contribution >= 4 is 50.7 Å². The Morgan fingerprint density at radius 2 is 1.60 bits per heavy atom. The van der Waals surface area contributed by atoms with E-state index in [-0.39, 0.29) is 41.2 Å². The first-order chi connectivity index (χ1) is 19.9. The lowest BCUT2D eigenvalue weighted by molar-refractivity contribution is -0.140. The van der Waals surface area contributed by atoms with Crippen LogP contribution in [0.15, 0.2) is 71.6 Å². The molecule has 0 radical (unpaired) electrons. The second kappa shape index (κ2) is 14.6. The van der Waals surface area contributed by atoms with Crippen molar-refractivity contribution in [1.29, 1.82) is 0 Å². The topological polar surface area (TPSA) is 105 Å². The Bertz CT molecular complexity index is 1500. The van der Waals surface area contributed by atoms with Crippen LogP contribution in [0.4, 0.5) is 5.69 Å². The Labute approximate surface area is 257 Å². The van der Waals surface area contributed by atoms with Crippen molar-refractivity contribution in [2.45, 2.75) is 50.7 Å². The van der Waals surface area contributed by atoms with Crippen molar-refractivity contribution in [3.63, 3.8) is 0 Å². The summed E-state index contributed by atoms with van der Waals surface area (Å²) in [5, 5.41) is 3.59. The van der Waals surface area contributed by atoms with Gasteiger partial charge in [-0.05, 0) is 62.2 Å². The standard InChI is InChI=1S/C30H35Cl2N3O6S/c1-6-26(30(37)33-20(2)3)34(18-21-12-13-22(31)16-25(21)32)29(36)19-35(23-10-8-7-9-11-23)42(38,39)24-14-15-27(40-4)28(17-24)41-5/h7-17,20,26H,6,18-19H2,1-5H3,(H,33,37). The number of hydrogen-bond donors (Lipinski definition) is 1. The number of ether oxygens (including phenoxy) is 2. The Morgan fingerprint density at radius 1 is 0.929 bits per heavy atom. The molecule has 0 bridgehead atoms. The monoisotopic (exact) mass is 635 g/mol. The molecule has 0 aliphatic carbocycles. The van der Waals surface area contributed by atoms with E-state index in [0.29, 0.717) is 21.4 Å². The van der Waals surface area contributed by atoms with Crippen LogP contribution in [0.1, 0.15) is 32.8 Å². The van der Waals surface area contributed by atoms with E-state index in [1.54, 1.807) is 55.5 Å². The van der Waals surface area contributed by atoms with Gasteiger partial charge in [-0.25, -0.2) is 8.42 Å². The average molecular weight is 637 g/mol. The highest BCUT2D eigenvalue weighted by molar-refractivity contribution is 7.92. The molecule has 1 unspecified atom stereocenters. The van der Waals surface area contributed by atoms with Crippen molar-refractivity contribution in [3.8, 4) is 11.5 Å². The molecule has 0 saturated carbocycles. The molecule has 0 heterocycles. The van der Waals surface area contributed by atoms with Crippen molar-refractivity contribution in [2.24, 2.45) is 0 Å². The van der Waals surface area contributed by atoms with Gasteiger partial charge in [-0.2, -0.15) is 0 Å². The first kappa shape index (κ1) is 33.0. The molecule has 226 valence electrons. The highest BCUT2D eigenvalue weighted by Crippen LogP contribution is 2.32. The van der Waals surface area contributed by atoms with Crippen LogP contribution in [0.2, 0.25) is 10.0 Å². The summed E-state index contributed by atoms with van der Waals surface area (Å²) in [4.78, 5) is 28.6. The molecule has 9 nitrogen and oxygen atoms in total. The highest BCUT2D eigenvalue weighted by atomic mass is 35.5. The van der Waals surface area contributed by atoms with Crippen LogP contribution >= 0.6 is 23.2 Å². The van der Waals surface area contributed by atoms with Crippen LogP contribution in [0, 0.1) is 0 Å². The van der Waals surface area contributed by atoms with Crippen molar-refractivity contribution < 1.29 is 27.5 Å². The number of hydrogen-bond acceptors (Lipinski definition) is 6. The maximum absolute atomic E-state index is 14.1. The van der Waals surface area contributed by atoms with Crippen LogP contribution < -0.4 is 19.1 Å². The predicted molar refractivity (Wildman–Crippen MR) is 165 cm³/mol. The van der Waals surface area contributed by atoms with Gasteiger partial charge in [0.2, 0.25) is 11.8 Å². The average Bonchev–Trinajstić information content (AvgIpc) is 2.96. The van der Waals surface area contributed by atoms with Gasteiger partial charge in [0.15, 0.2) is 11.5 Å². The van der Waals surface area contributed by atoms with Crippen LogP contribution in [0.5, 0.6) is 11.5 Å². The van der Waals surface area contributed by atoms with E-state index in [9.17, 15) is 18.0 Å². The molecule has 2 amide bonds. The molecule has 1 N–H and O–H groups in total. The summed E-state index contributed by atoms with van der Waals surface area (Å²) in [5.74, 6) is -0.389. The van der Waals surface area contributed by atoms with E-state index in [2.05, 4.69) is 5.32 Å². The van der Waals surface area contributed by atoms with Crippen LogP contribution in [0.25, 0.3) is 0 Å². The maximum Gasteiger partial charge on any atom is 0.264 e. The van der Waals surface area contributed by atoms with Gasteiger partial charge in [-0.15, -0.1) is 0 Å². The Kier molecular flexibility index (Phi) is 11.5. The van der Waals surface area contributed by atoms with Gasteiger partial charge in [0.25, 0.3) is 10.0 Å². The van der Waals surface area contributed by atoms with Crippen LogP contribution in [-0.2, 0) is 26.2 Å². The fourth-order valence-electron chi connectivity index (χ4n) is 4.36. The zero-order valence-electron chi connectivity index (χ0n) is 24.1. The third-order valence-corrected chi connectivity index (χ3v) is 8.80. The van der Waals surface area contributed by atoms with Gasteiger partial charge in [0.1, 0.15) is 12.6 Å². The quantitative estimate of drug-likeness (QED) is 0.264. The number of carbonyl (C=O) groups excluding carboxylic acids is 2. The number of amides is 2. The number of benzene rings is 3. The summed E-state index contributed by atoms with van der Waals surface area (Å²) >= 11 is 12.5. The molecule has 3 rings (SSSR count). The fourth-order valence-corrected chi connectivity index (χ4v) is 6.26. The van der Waals surface area contributed by atoms with E-state index in [1.807, 2.05) is 13.8 Å².